The van der Waals surface area contributed by atoms with Gasteiger partial charge in [0.1, 0.15) is 5.75 Å². The first-order valence-corrected chi connectivity index (χ1v) is 8.36. The molecule has 0 heterocycles. The van der Waals surface area contributed by atoms with E-state index < -0.39 is 9.84 Å². The van der Waals surface area contributed by atoms with Crippen LogP contribution in [0.2, 0.25) is 0 Å². The lowest BCUT2D eigenvalue weighted by Crippen LogP contribution is -2.26. The highest BCUT2D eigenvalue weighted by Gasteiger charge is 2.19. The number of hydrogen-bond donors (Lipinski definition) is 1. The van der Waals surface area contributed by atoms with Crippen LogP contribution >= 0.6 is 0 Å². The summed E-state index contributed by atoms with van der Waals surface area (Å²) in [4.78, 5) is 0. The summed E-state index contributed by atoms with van der Waals surface area (Å²) in [5.41, 5.74) is 0.932. The van der Waals surface area contributed by atoms with Crippen molar-refractivity contribution in [3.8, 4) is 5.75 Å². The minimum absolute atomic E-state index is 0.122. The van der Waals surface area contributed by atoms with E-state index in [9.17, 15) is 8.42 Å². The smallest absolute Gasteiger partial charge is 0.152 e. The average molecular weight is 285 g/mol. The van der Waals surface area contributed by atoms with Crippen molar-refractivity contribution in [1.29, 1.82) is 0 Å². The summed E-state index contributed by atoms with van der Waals surface area (Å²) in [6.45, 7) is 1.99. The maximum atomic E-state index is 12.0. The van der Waals surface area contributed by atoms with Crippen LogP contribution in [0, 0.1) is 0 Å². The van der Waals surface area contributed by atoms with Crippen molar-refractivity contribution in [2.24, 2.45) is 0 Å². The lowest BCUT2D eigenvalue weighted by Gasteiger charge is -2.17. The van der Waals surface area contributed by atoms with E-state index in [1.807, 2.05) is 31.2 Å². The van der Waals surface area contributed by atoms with Gasteiger partial charge in [-0.25, -0.2) is 8.42 Å². The van der Waals surface area contributed by atoms with Gasteiger partial charge in [0, 0.05) is 6.04 Å². The first-order valence-electron chi connectivity index (χ1n) is 6.54. The molecule has 1 aromatic carbocycles. The molecule has 0 amide bonds. The number of unbranched alkanes of at least 4 members (excludes halogenated alkanes) is 1. The Kier molecular flexibility index (Phi) is 6.31. The van der Waals surface area contributed by atoms with Crippen molar-refractivity contribution in [3.63, 3.8) is 0 Å². The van der Waals surface area contributed by atoms with E-state index in [-0.39, 0.29) is 17.5 Å². The number of nitrogens with one attached hydrogen (secondary N) is 1. The zero-order valence-electron chi connectivity index (χ0n) is 11.8. The summed E-state index contributed by atoms with van der Waals surface area (Å²) in [6, 6.07) is 7.31. The summed E-state index contributed by atoms with van der Waals surface area (Å²) < 4.78 is 29.2. The molecule has 0 saturated carbocycles. The van der Waals surface area contributed by atoms with Gasteiger partial charge in [0.25, 0.3) is 0 Å². The van der Waals surface area contributed by atoms with Gasteiger partial charge in [-0.15, -0.1) is 0 Å². The zero-order valence-corrected chi connectivity index (χ0v) is 12.7. The van der Waals surface area contributed by atoms with Crippen LogP contribution in [0.1, 0.15) is 31.4 Å². The van der Waals surface area contributed by atoms with Crippen LogP contribution in [0.4, 0.5) is 0 Å². The summed E-state index contributed by atoms with van der Waals surface area (Å²) in [7, 11) is 0.354. The number of hydrogen-bond acceptors (Lipinski definition) is 4. The predicted molar refractivity (Wildman–Crippen MR) is 78.4 cm³/mol. The molecule has 1 rings (SSSR count). The van der Waals surface area contributed by atoms with E-state index in [4.69, 9.17) is 4.74 Å². The van der Waals surface area contributed by atoms with E-state index in [0.717, 1.165) is 24.2 Å². The fourth-order valence-corrected chi connectivity index (χ4v) is 3.67. The van der Waals surface area contributed by atoms with Crippen LogP contribution in [0.3, 0.4) is 0 Å². The first-order chi connectivity index (χ1) is 9.02. The Labute approximate surface area is 116 Å². The van der Waals surface area contributed by atoms with Gasteiger partial charge in [-0.3, -0.25) is 0 Å². The Morgan fingerprint density at radius 2 is 2.11 bits per heavy atom. The fraction of sp³-hybridized carbons (Fsp3) is 0.571. The van der Waals surface area contributed by atoms with Crippen molar-refractivity contribution in [2.45, 2.75) is 25.8 Å². The lowest BCUT2D eigenvalue weighted by molar-refractivity contribution is 0.413. The van der Waals surface area contributed by atoms with Gasteiger partial charge < -0.3 is 10.1 Å². The predicted octanol–water partition coefficient (Wildman–Crippen LogP) is 2.17. The second-order valence-corrected chi connectivity index (χ2v) is 6.81. The van der Waals surface area contributed by atoms with Gasteiger partial charge in [0.2, 0.25) is 0 Å². The van der Waals surface area contributed by atoms with Gasteiger partial charge in [-0.05, 0) is 31.2 Å². The molecule has 108 valence electrons. The second-order valence-electron chi connectivity index (χ2n) is 4.59. The molecule has 19 heavy (non-hydrogen) atoms. The molecule has 0 bridgehead atoms. The summed E-state index contributed by atoms with van der Waals surface area (Å²) in [5.74, 6) is 1.12. The molecule has 0 aliphatic heterocycles. The van der Waals surface area contributed by atoms with E-state index in [2.05, 4.69) is 5.32 Å². The topological polar surface area (TPSA) is 55.4 Å². The Morgan fingerprint density at radius 1 is 1.37 bits per heavy atom. The first kappa shape index (κ1) is 16.0. The highest BCUT2D eigenvalue weighted by Crippen LogP contribution is 2.20. The van der Waals surface area contributed by atoms with Gasteiger partial charge in [-0.2, -0.15) is 0 Å². The molecule has 5 heteroatoms. The third kappa shape index (κ3) is 5.20. The normalized spacial score (nSPS) is 13.2. The lowest BCUT2D eigenvalue weighted by atomic mass is 10.1. The van der Waals surface area contributed by atoms with Gasteiger partial charge >= 0.3 is 0 Å². The zero-order chi connectivity index (χ0) is 14.3. The highest BCUT2D eigenvalue weighted by molar-refractivity contribution is 7.91. The van der Waals surface area contributed by atoms with Crippen LogP contribution in [-0.2, 0) is 9.84 Å². The van der Waals surface area contributed by atoms with Crippen molar-refractivity contribution >= 4 is 9.84 Å². The Balaban J connectivity index is 2.82. The quantitative estimate of drug-likeness (QED) is 0.795. The van der Waals surface area contributed by atoms with Crippen molar-refractivity contribution in [3.05, 3.63) is 29.8 Å². The molecule has 0 spiro atoms. The number of ether oxygens (including phenoxy) is 1. The Hall–Kier alpha value is -1.07. The molecule has 1 N–H and O–H groups in total. The van der Waals surface area contributed by atoms with Gasteiger partial charge in [0.05, 0.1) is 18.6 Å². The molecular formula is C14H23NO3S. The van der Waals surface area contributed by atoms with Crippen LogP contribution in [0.5, 0.6) is 5.75 Å². The third-order valence-electron chi connectivity index (χ3n) is 3.07. The highest BCUT2D eigenvalue weighted by atomic mass is 32.2. The number of sulfone groups is 1. The minimum atomic E-state index is -3.03. The molecule has 0 saturated heterocycles. The molecule has 0 aromatic heterocycles. The number of benzene rings is 1. The molecule has 1 aromatic rings. The molecular weight excluding hydrogens is 262 g/mol. The van der Waals surface area contributed by atoms with Gasteiger partial charge in [0.15, 0.2) is 9.84 Å². The molecule has 1 unspecified atom stereocenters. The third-order valence-corrected chi connectivity index (χ3v) is 4.83. The summed E-state index contributed by atoms with van der Waals surface area (Å²) >= 11 is 0. The van der Waals surface area contributed by atoms with E-state index in [1.54, 1.807) is 14.2 Å². The number of methoxy groups -OCH3 is 1. The van der Waals surface area contributed by atoms with E-state index in [0.29, 0.717) is 0 Å². The molecule has 0 aliphatic rings. The van der Waals surface area contributed by atoms with Crippen LogP contribution in [0.25, 0.3) is 0 Å². The maximum Gasteiger partial charge on any atom is 0.152 e. The van der Waals surface area contributed by atoms with Crippen molar-refractivity contribution in [1.82, 2.24) is 5.32 Å². The molecule has 1 atom stereocenters. The standard InChI is InChI=1S/C14H23NO3S/c1-4-5-9-19(16,17)11-14(15-2)12-7-6-8-13(10-12)18-3/h6-8,10,14-15H,4-5,9,11H2,1-3H3. The molecule has 4 nitrogen and oxygen atoms in total. The van der Waals surface area contributed by atoms with Crippen LogP contribution in [-0.4, -0.2) is 34.1 Å². The van der Waals surface area contributed by atoms with Gasteiger partial charge in [-0.1, -0.05) is 25.5 Å². The van der Waals surface area contributed by atoms with E-state index >= 15 is 0 Å². The molecule has 0 fully saturated rings. The monoisotopic (exact) mass is 285 g/mol. The van der Waals surface area contributed by atoms with Crippen molar-refractivity contribution < 1.29 is 13.2 Å². The largest absolute Gasteiger partial charge is 0.497 e. The Morgan fingerprint density at radius 3 is 2.68 bits per heavy atom. The number of rotatable bonds is 8. The van der Waals surface area contributed by atoms with Crippen molar-refractivity contribution in [2.75, 3.05) is 25.7 Å². The molecule has 0 aliphatic carbocycles. The van der Waals surface area contributed by atoms with E-state index in [1.165, 1.54) is 0 Å². The maximum absolute atomic E-state index is 12.0. The summed E-state index contributed by atoms with van der Waals surface area (Å²) in [5, 5.41) is 3.07. The van der Waals surface area contributed by atoms with Crippen LogP contribution in [0.15, 0.2) is 24.3 Å². The second kappa shape index (κ2) is 7.50. The fourth-order valence-electron chi connectivity index (χ4n) is 1.91. The average Bonchev–Trinajstić information content (AvgIpc) is 2.42. The van der Waals surface area contributed by atoms with Crippen LogP contribution < -0.4 is 10.1 Å². The minimum Gasteiger partial charge on any atom is -0.497 e. The SMILES string of the molecule is CCCCS(=O)(=O)CC(NC)c1cccc(OC)c1. The summed E-state index contributed by atoms with van der Waals surface area (Å²) in [6.07, 6.45) is 1.61. The Bertz CT molecular complexity index is 485. The molecule has 0 radical (unpaired) electrons.